The number of rotatable bonds is 7. The van der Waals surface area contributed by atoms with E-state index in [1.54, 1.807) is 18.7 Å². The van der Waals surface area contributed by atoms with Crippen molar-refractivity contribution in [2.45, 2.75) is 44.4 Å². The molecule has 3 N–H and O–H groups in total. The maximum absolute atomic E-state index is 12.8. The summed E-state index contributed by atoms with van der Waals surface area (Å²) in [6.45, 7) is 2.32. The lowest BCUT2D eigenvalue weighted by molar-refractivity contribution is -0.116. The number of hydrogen-bond donors (Lipinski definition) is 2. The van der Waals surface area contributed by atoms with Crippen LogP contribution in [-0.2, 0) is 11.3 Å². The van der Waals surface area contributed by atoms with Gasteiger partial charge in [0.15, 0.2) is 5.69 Å². The molecule has 1 saturated carbocycles. The second-order valence-corrected chi connectivity index (χ2v) is 8.21. The maximum Gasteiger partial charge on any atom is 0.330 e. The van der Waals surface area contributed by atoms with Crippen molar-refractivity contribution in [3.8, 4) is 0 Å². The Balaban J connectivity index is 1.88. The van der Waals surface area contributed by atoms with Crippen molar-refractivity contribution < 1.29 is 4.79 Å². The largest absolute Gasteiger partial charge is 0.383 e. The second-order valence-electron chi connectivity index (χ2n) is 6.92. The standard InChI is InChI=1S/C20H26N4O3S/c1-2-23(16(25)13-28-15-10-6-7-11-15)17-18(21)24(20(27)22-19(17)26)12-14-8-4-3-5-9-14/h3-5,8-9,15H,2,6-7,10-13,21H2,1H3,(H,22,26,27). The highest BCUT2D eigenvalue weighted by Crippen LogP contribution is 2.30. The molecule has 1 aromatic carbocycles. The third kappa shape index (κ3) is 4.49. The Morgan fingerprint density at radius 2 is 1.93 bits per heavy atom. The number of thioether (sulfide) groups is 1. The van der Waals surface area contributed by atoms with Crippen LogP contribution in [0.15, 0.2) is 39.9 Å². The highest BCUT2D eigenvalue weighted by atomic mass is 32.2. The van der Waals surface area contributed by atoms with Crippen LogP contribution in [0.4, 0.5) is 11.5 Å². The molecule has 0 atom stereocenters. The Bertz CT molecular complexity index is 933. The molecule has 3 rings (SSSR count). The van der Waals surface area contributed by atoms with Gasteiger partial charge in [-0.25, -0.2) is 4.79 Å². The van der Waals surface area contributed by atoms with Gasteiger partial charge in [-0.3, -0.25) is 19.1 Å². The Morgan fingerprint density at radius 3 is 2.57 bits per heavy atom. The summed E-state index contributed by atoms with van der Waals surface area (Å²) in [6, 6.07) is 9.36. The molecule has 0 bridgehead atoms. The van der Waals surface area contributed by atoms with Crippen LogP contribution in [0.2, 0.25) is 0 Å². The zero-order chi connectivity index (χ0) is 20.1. The first-order chi connectivity index (χ1) is 13.5. The molecular weight excluding hydrogens is 376 g/mol. The van der Waals surface area contributed by atoms with Gasteiger partial charge in [0, 0.05) is 11.8 Å². The molecule has 1 amide bonds. The third-order valence-electron chi connectivity index (χ3n) is 5.03. The molecule has 0 radical (unpaired) electrons. The predicted molar refractivity (Wildman–Crippen MR) is 114 cm³/mol. The van der Waals surface area contributed by atoms with Gasteiger partial charge in [-0.05, 0) is 25.3 Å². The van der Waals surface area contributed by atoms with E-state index in [4.69, 9.17) is 5.73 Å². The predicted octanol–water partition coefficient (Wildman–Crippen LogP) is 2.20. The molecule has 1 aliphatic carbocycles. The molecular formula is C20H26N4O3S. The number of nitrogens with zero attached hydrogens (tertiary/aromatic N) is 2. The Kier molecular flexibility index (Phi) is 6.61. The van der Waals surface area contributed by atoms with Gasteiger partial charge in [-0.1, -0.05) is 43.2 Å². The van der Waals surface area contributed by atoms with Gasteiger partial charge in [0.25, 0.3) is 5.56 Å². The maximum atomic E-state index is 12.8. The molecule has 2 aromatic rings. The highest BCUT2D eigenvalue weighted by Gasteiger charge is 2.24. The summed E-state index contributed by atoms with van der Waals surface area (Å²) in [5.74, 6) is 0.148. The van der Waals surface area contributed by atoms with Gasteiger partial charge < -0.3 is 10.6 Å². The van der Waals surface area contributed by atoms with E-state index in [0.29, 0.717) is 17.5 Å². The van der Waals surface area contributed by atoms with E-state index in [9.17, 15) is 14.4 Å². The Hall–Kier alpha value is -2.48. The number of hydrogen-bond acceptors (Lipinski definition) is 5. The molecule has 0 saturated heterocycles. The fraction of sp³-hybridized carbons (Fsp3) is 0.450. The topological polar surface area (TPSA) is 101 Å². The zero-order valence-electron chi connectivity index (χ0n) is 16.0. The summed E-state index contributed by atoms with van der Waals surface area (Å²) in [5.41, 5.74) is 5.92. The fourth-order valence-corrected chi connectivity index (χ4v) is 4.74. The summed E-state index contributed by atoms with van der Waals surface area (Å²) < 4.78 is 1.30. The van der Waals surface area contributed by atoms with Gasteiger partial charge in [0.05, 0.1) is 12.3 Å². The number of aromatic amines is 1. The van der Waals surface area contributed by atoms with E-state index in [2.05, 4.69) is 4.98 Å². The van der Waals surface area contributed by atoms with Crippen molar-refractivity contribution in [2.75, 3.05) is 22.9 Å². The van der Waals surface area contributed by atoms with Crippen LogP contribution < -0.4 is 21.9 Å². The van der Waals surface area contributed by atoms with Gasteiger partial charge >= 0.3 is 5.69 Å². The van der Waals surface area contributed by atoms with Gasteiger partial charge in [0.2, 0.25) is 5.91 Å². The molecule has 0 unspecified atom stereocenters. The molecule has 7 nitrogen and oxygen atoms in total. The average molecular weight is 403 g/mol. The molecule has 1 aromatic heterocycles. The van der Waals surface area contributed by atoms with E-state index >= 15 is 0 Å². The van der Waals surface area contributed by atoms with Crippen LogP contribution in [0.5, 0.6) is 0 Å². The lowest BCUT2D eigenvalue weighted by atomic mass is 10.2. The summed E-state index contributed by atoms with van der Waals surface area (Å²) >= 11 is 1.64. The third-order valence-corrected chi connectivity index (χ3v) is 6.39. The summed E-state index contributed by atoms with van der Waals surface area (Å²) in [5, 5.41) is 0.505. The van der Waals surface area contributed by atoms with E-state index in [1.807, 2.05) is 30.3 Å². The Labute approximate surface area is 167 Å². The first kappa shape index (κ1) is 20.3. The quantitative estimate of drug-likeness (QED) is 0.739. The SMILES string of the molecule is CCN(C(=O)CSC1CCCC1)c1c(N)n(Cc2ccccc2)c(=O)[nH]c1=O. The van der Waals surface area contributed by atoms with E-state index in [0.717, 1.165) is 18.4 Å². The van der Waals surface area contributed by atoms with Gasteiger partial charge in [0.1, 0.15) is 5.82 Å². The van der Waals surface area contributed by atoms with Crippen LogP contribution in [0.1, 0.15) is 38.2 Å². The van der Waals surface area contributed by atoms with Crippen molar-refractivity contribution in [3.63, 3.8) is 0 Å². The molecule has 1 heterocycles. The zero-order valence-corrected chi connectivity index (χ0v) is 16.8. The monoisotopic (exact) mass is 402 g/mol. The van der Waals surface area contributed by atoms with E-state index in [-0.39, 0.29) is 24.0 Å². The van der Waals surface area contributed by atoms with Gasteiger partial charge in [-0.15, -0.1) is 11.8 Å². The minimum absolute atomic E-state index is 0.0127. The normalized spacial score (nSPS) is 14.3. The Morgan fingerprint density at radius 1 is 1.25 bits per heavy atom. The number of aromatic nitrogens is 2. The lowest BCUT2D eigenvalue weighted by Gasteiger charge is -2.23. The van der Waals surface area contributed by atoms with Crippen molar-refractivity contribution >= 4 is 29.2 Å². The number of nitrogen functional groups attached to an aromatic ring is 1. The minimum Gasteiger partial charge on any atom is -0.383 e. The molecule has 1 fully saturated rings. The smallest absolute Gasteiger partial charge is 0.330 e. The van der Waals surface area contributed by atoms with Gasteiger partial charge in [-0.2, -0.15) is 0 Å². The summed E-state index contributed by atoms with van der Waals surface area (Å²) in [4.78, 5) is 41.3. The van der Waals surface area contributed by atoms with Crippen molar-refractivity contribution in [3.05, 3.63) is 56.7 Å². The first-order valence-corrected chi connectivity index (χ1v) is 10.6. The molecule has 0 aliphatic heterocycles. The minimum atomic E-state index is -0.632. The first-order valence-electron chi connectivity index (χ1n) is 9.59. The lowest BCUT2D eigenvalue weighted by Crippen LogP contribution is -2.42. The number of nitrogens with one attached hydrogen (secondary N) is 1. The molecule has 1 aliphatic rings. The van der Waals surface area contributed by atoms with Crippen molar-refractivity contribution in [1.82, 2.24) is 9.55 Å². The number of H-pyrrole nitrogens is 1. The summed E-state index contributed by atoms with van der Waals surface area (Å²) in [7, 11) is 0. The summed E-state index contributed by atoms with van der Waals surface area (Å²) in [6.07, 6.45) is 4.68. The molecule has 150 valence electrons. The van der Waals surface area contributed by atoms with Crippen LogP contribution in [0, 0.1) is 0 Å². The number of carbonyl (C=O) groups excluding carboxylic acids is 1. The van der Waals surface area contributed by atoms with Crippen LogP contribution >= 0.6 is 11.8 Å². The number of benzene rings is 1. The number of nitrogens with two attached hydrogens (primary N) is 1. The molecule has 8 heteroatoms. The van der Waals surface area contributed by atoms with Crippen molar-refractivity contribution in [1.29, 1.82) is 0 Å². The van der Waals surface area contributed by atoms with E-state index in [1.165, 1.54) is 22.3 Å². The molecule has 28 heavy (non-hydrogen) atoms. The van der Waals surface area contributed by atoms with E-state index < -0.39 is 11.2 Å². The fourth-order valence-electron chi connectivity index (χ4n) is 3.54. The van der Waals surface area contributed by atoms with Crippen LogP contribution in [0.3, 0.4) is 0 Å². The number of amides is 1. The second kappa shape index (κ2) is 9.14. The van der Waals surface area contributed by atoms with Crippen LogP contribution in [0.25, 0.3) is 0 Å². The number of anilines is 2. The number of carbonyl (C=O) groups is 1. The van der Waals surface area contributed by atoms with Crippen molar-refractivity contribution in [2.24, 2.45) is 0 Å². The van der Waals surface area contributed by atoms with Crippen LogP contribution in [-0.4, -0.2) is 33.0 Å². The highest BCUT2D eigenvalue weighted by molar-refractivity contribution is 8.00. The average Bonchev–Trinajstić information content (AvgIpc) is 3.21. The molecule has 0 spiro atoms.